The molecule has 0 aliphatic heterocycles. The molecule has 0 aromatic carbocycles. The standard InChI is InChI=1S/C12H18N2O3/c1-13(2)5-4-6-14(3)10-7-9(15)8-11(16)12(10)17/h7-8,16H,4-6H2,1-3H3. The first kappa shape index (κ1) is 13.4. The van der Waals surface area contributed by atoms with E-state index in [-0.39, 0.29) is 11.5 Å². The Morgan fingerprint density at radius 2 is 1.76 bits per heavy atom. The van der Waals surface area contributed by atoms with Crippen LogP contribution in [0.1, 0.15) is 6.42 Å². The Labute approximate surface area is 101 Å². The first-order valence-corrected chi connectivity index (χ1v) is 5.48. The van der Waals surface area contributed by atoms with Crippen LogP contribution in [0.2, 0.25) is 0 Å². The summed E-state index contributed by atoms with van der Waals surface area (Å²) in [5.74, 6) is -1.32. The van der Waals surface area contributed by atoms with Gasteiger partial charge in [0.2, 0.25) is 5.78 Å². The van der Waals surface area contributed by atoms with Gasteiger partial charge in [0.05, 0.1) is 5.70 Å². The molecule has 5 nitrogen and oxygen atoms in total. The largest absolute Gasteiger partial charge is 0.504 e. The van der Waals surface area contributed by atoms with Crippen LogP contribution >= 0.6 is 0 Å². The third kappa shape index (κ3) is 3.71. The Balaban J connectivity index is 2.60. The molecular weight excluding hydrogens is 220 g/mol. The van der Waals surface area contributed by atoms with Crippen LogP contribution in [0.25, 0.3) is 0 Å². The molecule has 94 valence electrons. The molecule has 0 saturated heterocycles. The van der Waals surface area contributed by atoms with Gasteiger partial charge in [-0.1, -0.05) is 0 Å². The Hall–Kier alpha value is -1.62. The summed E-state index contributed by atoms with van der Waals surface area (Å²) in [5, 5.41) is 9.30. The predicted octanol–water partition coefficient (Wildman–Crippen LogP) is 0.347. The number of aliphatic hydroxyl groups excluding tert-OH is 1. The van der Waals surface area contributed by atoms with Crippen molar-refractivity contribution in [1.82, 2.24) is 9.80 Å². The zero-order chi connectivity index (χ0) is 13.0. The van der Waals surface area contributed by atoms with E-state index in [1.54, 1.807) is 11.9 Å². The van der Waals surface area contributed by atoms with Crippen LogP contribution in [-0.4, -0.2) is 60.7 Å². The summed E-state index contributed by atoms with van der Waals surface area (Å²) in [6, 6.07) is 0. The number of ketones is 2. The topological polar surface area (TPSA) is 60.9 Å². The van der Waals surface area contributed by atoms with E-state index in [0.717, 1.165) is 19.0 Å². The number of carbonyl (C=O) groups excluding carboxylic acids is 2. The van der Waals surface area contributed by atoms with Gasteiger partial charge in [-0.05, 0) is 27.1 Å². The third-order valence-corrected chi connectivity index (χ3v) is 2.53. The molecule has 0 fully saturated rings. The second-order valence-electron chi connectivity index (χ2n) is 4.37. The zero-order valence-electron chi connectivity index (χ0n) is 10.4. The van der Waals surface area contributed by atoms with Gasteiger partial charge in [0.15, 0.2) is 11.5 Å². The van der Waals surface area contributed by atoms with E-state index in [1.165, 1.54) is 6.08 Å². The van der Waals surface area contributed by atoms with Crippen molar-refractivity contribution >= 4 is 11.6 Å². The maximum atomic E-state index is 11.6. The first-order chi connectivity index (χ1) is 7.91. The second-order valence-corrected chi connectivity index (χ2v) is 4.37. The van der Waals surface area contributed by atoms with Gasteiger partial charge in [-0.3, -0.25) is 9.59 Å². The number of allylic oxidation sites excluding steroid dienone is 2. The minimum Gasteiger partial charge on any atom is -0.504 e. The van der Waals surface area contributed by atoms with Gasteiger partial charge in [-0.15, -0.1) is 0 Å². The first-order valence-electron chi connectivity index (χ1n) is 5.48. The lowest BCUT2D eigenvalue weighted by atomic mass is 10.1. The summed E-state index contributed by atoms with van der Waals surface area (Å²) < 4.78 is 0. The molecule has 0 aromatic rings. The molecule has 5 heteroatoms. The highest BCUT2D eigenvalue weighted by molar-refractivity contribution is 6.18. The van der Waals surface area contributed by atoms with E-state index >= 15 is 0 Å². The Morgan fingerprint density at radius 3 is 2.35 bits per heavy atom. The summed E-state index contributed by atoms with van der Waals surface area (Å²) in [6.45, 7) is 1.57. The molecule has 0 atom stereocenters. The van der Waals surface area contributed by atoms with E-state index in [9.17, 15) is 14.7 Å². The molecule has 0 bridgehead atoms. The van der Waals surface area contributed by atoms with Crippen LogP contribution in [0.4, 0.5) is 0 Å². The lowest BCUT2D eigenvalue weighted by Crippen LogP contribution is -2.30. The summed E-state index contributed by atoms with van der Waals surface area (Å²) >= 11 is 0. The summed E-state index contributed by atoms with van der Waals surface area (Å²) in [5.41, 5.74) is 0.258. The minimum atomic E-state index is -0.489. The second kappa shape index (κ2) is 5.63. The van der Waals surface area contributed by atoms with Crippen LogP contribution in [0, 0.1) is 0 Å². The number of aliphatic hydroxyl groups is 1. The number of Topliss-reactive ketones (excluding diaryl/α,β-unsaturated/α-hetero) is 1. The van der Waals surface area contributed by atoms with Crippen molar-refractivity contribution in [2.45, 2.75) is 6.42 Å². The van der Waals surface area contributed by atoms with E-state index < -0.39 is 11.5 Å². The number of nitrogens with zero attached hydrogens (tertiary/aromatic N) is 2. The van der Waals surface area contributed by atoms with Crippen LogP contribution in [0.15, 0.2) is 23.6 Å². The molecule has 1 aliphatic carbocycles. The van der Waals surface area contributed by atoms with Crippen molar-refractivity contribution in [3.8, 4) is 0 Å². The molecule has 17 heavy (non-hydrogen) atoms. The van der Waals surface area contributed by atoms with Crippen LogP contribution < -0.4 is 0 Å². The molecule has 0 heterocycles. The van der Waals surface area contributed by atoms with Gasteiger partial charge in [-0.2, -0.15) is 0 Å². The van der Waals surface area contributed by atoms with Crippen molar-refractivity contribution in [2.24, 2.45) is 0 Å². The summed E-state index contributed by atoms with van der Waals surface area (Å²) in [6.07, 6.45) is 3.09. The smallest absolute Gasteiger partial charge is 0.243 e. The van der Waals surface area contributed by atoms with Crippen LogP contribution in [0.3, 0.4) is 0 Å². The monoisotopic (exact) mass is 238 g/mol. The average molecular weight is 238 g/mol. The van der Waals surface area contributed by atoms with Crippen molar-refractivity contribution < 1.29 is 14.7 Å². The minimum absolute atomic E-state index is 0.258. The SMILES string of the molecule is CN(C)CCCN(C)C1=CC(=O)C=C(O)C1=O. The fraction of sp³-hybridized carbons (Fsp3) is 0.500. The number of likely N-dealkylation sites (N-methyl/N-ethyl adjacent to an activating group) is 1. The molecule has 0 aromatic heterocycles. The van der Waals surface area contributed by atoms with Gasteiger partial charge < -0.3 is 14.9 Å². The highest BCUT2D eigenvalue weighted by Crippen LogP contribution is 2.14. The lowest BCUT2D eigenvalue weighted by Gasteiger charge is -2.23. The van der Waals surface area contributed by atoms with E-state index in [1.807, 2.05) is 19.0 Å². The van der Waals surface area contributed by atoms with Gasteiger partial charge in [-0.25, -0.2) is 0 Å². The van der Waals surface area contributed by atoms with Gasteiger partial charge >= 0.3 is 0 Å². The molecule has 1 N–H and O–H groups in total. The zero-order valence-corrected chi connectivity index (χ0v) is 10.4. The van der Waals surface area contributed by atoms with Crippen LogP contribution in [0.5, 0.6) is 0 Å². The van der Waals surface area contributed by atoms with Crippen LogP contribution in [-0.2, 0) is 9.59 Å². The molecular formula is C12H18N2O3. The highest BCUT2D eigenvalue weighted by Gasteiger charge is 2.23. The van der Waals surface area contributed by atoms with Crippen molar-refractivity contribution in [2.75, 3.05) is 34.2 Å². The maximum Gasteiger partial charge on any atom is 0.243 e. The molecule has 1 aliphatic rings. The van der Waals surface area contributed by atoms with E-state index in [0.29, 0.717) is 6.54 Å². The van der Waals surface area contributed by atoms with Crippen molar-refractivity contribution in [3.05, 3.63) is 23.6 Å². The normalized spacial score (nSPS) is 16.0. The predicted molar refractivity (Wildman–Crippen MR) is 64.6 cm³/mol. The highest BCUT2D eigenvalue weighted by atomic mass is 16.3. The number of carbonyl (C=O) groups is 2. The fourth-order valence-corrected chi connectivity index (χ4v) is 1.60. The number of hydrogen-bond donors (Lipinski definition) is 1. The quantitative estimate of drug-likeness (QED) is 0.700. The van der Waals surface area contributed by atoms with E-state index in [2.05, 4.69) is 0 Å². The molecule has 0 unspecified atom stereocenters. The van der Waals surface area contributed by atoms with Crippen molar-refractivity contribution in [3.63, 3.8) is 0 Å². The lowest BCUT2D eigenvalue weighted by molar-refractivity contribution is -0.118. The summed E-state index contributed by atoms with van der Waals surface area (Å²) in [7, 11) is 5.69. The maximum absolute atomic E-state index is 11.6. The van der Waals surface area contributed by atoms with Gasteiger partial charge in [0.1, 0.15) is 0 Å². The molecule has 1 rings (SSSR count). The third-order valence-electron chi connectivity index (χ3n) is 2.53. The molecule has 0 amide bonds. The molecule has 0 saturated carbocycles. The Kier molecular flexibility index (Phi) is 4.45. The van der Waals surface area contributed by atoms with Gasteiger partial charge in [0, 0.05) is 25.7 Å². The van der Waals surface area contributed by atoms with E-state index in [4.69, 9.17) is 0 Å². The van der Waals surface area contributed by atoms with Gasteiger partial charge in [0.25, 0.3) is 0 Å². The number of hydrogen-bond acceptors (Lipinski definition) is 5. The Morgan fingerprint density at radius 1 is 1.12 bits per heavy atom. The summed E-state index contributed by atoms with van der Waals surface area (Å²) in [4.78, 5) is 26.6. The molecule has 0 radical (unpaired) electrons. The fourth-order valence-electron chi connectivity index (χ4n) is 1.60. The Bertz CT molecular complexity index is 383. The molecule has 0 spiro atoms. The average Bonchev–Trinajstić information content (AvgIpc) is 2.22. The number of rotatable bonds is 5. The van der Waals surface area contributed by atoms with Crippen molar-refractivity contribution in [1.29, 1.82) is 0 Å².